The first-order valence-corrected chi connectivity index (χ1v) is 7.61. The van der Waals surface area contributed by atoms with Crippen LogP contribution in [0.2, 0.25) is 0 Å². The lowest BCUT2D eigenvalue weighted by Crippen LogP contribution is -2.44. The number of carbonyl (C=O) groups is 1. The fourth-order valence-electron chi connectivity index (χ4n) is 2.73. The molecule has 0 spiro atoms. The van der Waals surface area contributed by atoms with E-state index in [1.807, 2.05) is 24.3 Å². The first-order chi connectivity index (χ1) is 11.9. The number of ether oxygens (including phenoxy) is 1. The van der Waals surface area contributed by atoms with Crippen molar-refractivity contribution in [3.63, 3.8) is 0 Å². The third-order valence-corrected chi connectivity index (χ3v) is 4.00. The second-order valence-electron chi connectivity index (χ2n) is 5.64. The molecule has 8 heteroatoms. The van der Waals surface area contributed by atoms with E-state index in [0.717, 1.165) is 17.2 Å². The molecular formula is C17H16F3N3O2. The summed E-state index contributed by atoms with van der Waals surface area (Å²) in [5.74, 6) is -0.706. The van der Waals surface area contributed by atoms with E-state index in [1.54, 1.807) is 0 Å². The summed E-state index contributed by atoms with van der Waals surface area (Å²) in [4.78, 5) is 15.8. The van der Waals surface area contributed by atoms with Gasteiger partial charge in [-0.1, -0.05) is 24.3 Å². The summed E-state index contributed by atoms with van der Waals surface area (Å²) >= 11 is 0. The van der Waals surface area contributed by atoms with Gasteiger partial charge in [-0.15, -0.1) is 0 Å². The maximum Gasteiger partial charge on any atom is 0.435 e. The zero-order chi connectivity index (χ0) is 18.0. The molecule has 1 atom stereocenters. The van der Waals surface area contributed by atoms with E-state index in [2.05, 4.69) is 15.6 Å². The van der Waals surface area contributed by atoms with E-state index < -0.39 is 23.8 Å². The average molecular weight is 351 g/mol. The largest absolute Gasteiger partial charge is 0.481 e. The molecule has 1 amide bonds. The molecular weight excluding hydrogens is 335 g/mol. The SMILES string of the molecule is COc1ccc(NC(=O)[C@@H]2Cc3ccccc3CN2)c(C(F)(F)F)n1. The van der Waals surface area contributed by atoms with Crippen LogP contribution in [0, 0.1) is 0 Å². The number of hydrogen-bond donors (Lipinski definition) is 2. The maximum atomic E-state index is 13.2. The van der Waals surface area contributed by atoms with E-state index >= 15 is 0 Å². The zero-order valence-electron chi connectivity index (χ0n) is 13.4. The maximum absolute atomic E-state index is 13.2. The molecule has 1 aromatic carbocycles. The van der Waals surface area contributed by atoms with Crippen LogP contribution in [-0.4, -0.2) is 24.0 Å². The molecule has 0 bridgehead atoms. The van der Waals surface area contributed by atoms with E-state index in [1.165, 1.54) is 13.2 Å². The van der Waals surface area contributed by atoms with E-state index in [4.69, 9.17) is 4.74 Å². The lowest BCUT2D eigenvalue weighted by Gasteiger charge is -2.25. The number of alkyl halides is 3. The first kappa shape index (κ1) is 17.2. The van der Waals surface area contributed by atoms with Gasteiger partial charge in [-0.25, -0.2) is 4.98 Å². The second-order valence-corrected chi connectivity index (χ2v) is 5.64. The van der Waals surface area contributed by atoms with Crippen LogP contribution in [0.3, 0.4) is 0 Å². The number of rotatable bonds is 3. The molecule has 0 aliphatic carbocycles. The Bertz CT molecular complexity index is 793. The molecule has 2 heterocycles. The third-order valence-electron chi connectivity index (χ3n) is 4.00. The first-order valence-electron chi connectivity index (χ1n) is 7.61. The van der Waals surface area contributed by atoms with Gasteiger partial charge in [0.05, 0.1) is 18.8 Å². The van der Waals surface area contributed by atoms with Gasteiger partial charge in [-0.05, 0) is 23.6 Å². The molecule has 0 saturated carbocycles. The van der Waals surface area contributed by atoms with Gasteiger partial charge in [0.15, 0.2) is 5.69 Å². The molecule has 25 heavy (non-hydrogen) atoms. The highest BCUT2D eigenvalue weighted by molar-refractivity contribution is 5.95. The topological polar surface area (TPSA) is 63.2 Å². The van der Waals surface area contributed by atoms with Gasteiger partial charge in [0, 0.05) is 12.6 Å². The Morgan fingerprint density at radius 3 is 2.64 bits per heavy atom. The van der Waals surface area contributed by atoms with Crippen LogP contribution in [0.5, 0.6) is 5.88 Å². The number of amides is 1. The summed E-state index contributed by atoms with van der Waals surface area (Å²) in [6, 6.07) is 9.43. The highest BCUT2D eigenvalue weighted by atomic mass is 19.4. The van der Waals surface area contributed by atoms with Crippen molar-refractivity contribution in [2.75, 3.05) is 12.4 Å². The van der Waals surface area contributed by atoms with Crippen molar-refractivity contribution in [1.29, 1.82) is 0 Å². The quantitative estimate of drug-likeness (QED) is 0.893. The number of anilines is 1. The van der Waals surface area contributed by atoms with Crippen LogP contribution in [0.25, 0.3) is 0 Å². The predicted molar refractivity (Wildman–Crippen MR) is 85.2 cm³/mol. The molecule has 1 aromatic heterocycles. The van der Waals surface area contributed by atoms with Gasteiger partial charge in [0.2, 0.25) is 11.8 Å². The fourth-order valence-corrected chi connectivity index (χ4v) is 2.73. The minimum atomic E-state index is -4.70. The van der Waals surface area contributed by atoms with Crippen LogP contribution in [0.4, 0.5) is 18.9 Å². The molecule has 2 aromatic rings. The lowest BCUT2D eigenvalue weighted by molar-refractivity contribution is -0.140. The standard InChI is InChI=1S/C17H16F3N3O2/c1-25-14-7-6-12(15(23-14)17(18,19)20)22-16(24)13-8-10-4-2-3-5-11(10)9-21-13/h2-7,13,21H,8-9H2,1H3,(H,22,24)/t13-/m0/s1. The number of halogens is 3. The fraction of sp³-hybridized carbons (Fsp3) is 0.294. The Hall–Kier alpha value is -2.61. The number of pyridine rings is 1. The Labute approximate surface area is 142 Å². The zero-order valence-corrected chi connectivity index (χ0v) is 13.4. The molecule has 0 unspecified atom stereocenters. The molecule has 3 rings (SSSR count). The molecule has 2 N–H and O–H groups in total. The summed E-state index contributed by atoms with van der Waals surface area (Å²) in [5.41, 5.74) is 0.509. The van der Waals surface area contributed by atoms with E-state index in [0.29, 0.717) is 13.0 Å². The van der Waals surface area contributed by atoms with Gasteiger partial charge in [0.1, 0.15) is 0 Å². The molecule has 0 saturated heterocycles. The average Bonchev–Trinajstić information content (AvgIpc) is 2.60. The van der Waals surface area contributed by atoms with Crippen molar-refractivity contribution in [2.45, 2.75) is 25.2 Å². The van der Waals surface area contributed by atoms with Crippen molar-refractivity contribution in [3.8, 4) is 5.88 Å². The summed E-state index contributed by atoms with van der Waals surface area (Å²) in [6.07, 6.45) is -4.29. The number of carbonyl (C=O) groups excluding carboxylic acids is 1. The minimum absolute atomic E-state index is 0.171. The number of nitrogens with one attached hydrogen (secondary N) is 2. The van der Waals surface area contributed by atoms with Crippen LogP contribution in [0.1, 0.15) is 16.8 Å². The molecule has 0 radical (unpaired) electrons. The Morgan fingerprint density at radius 1 is 1.24 bits per heavy atom. The highest BCUT2D eigenvalue weighted by Crippen LogP contribution is 2.34. The van der Waals surface area contributed by atoms with Crippen molar-refractivity contribution in [1.82, 2.24) is 10.3 Å². The Kier molecular flexibility index (Phi) is 4.63. The van der Waals surface area contributed by atoms with E-state index in [-0.39, 0.29) is 11.6 Å². The minimum Gasteiger partial charge on any atom is -0.481 e. The van der Waals surface area contributed by atoms with Crippen molar-refractivity contribution in [2.24, 2.45) is 0 Å². The van der Waals surface area contributed by atoms with Gasteiger partial charge >= 0.3 is 6.18 Å². The highest BCUT2D eigenvalue weighted by Gasteiger charge is 2.37. The summed E-state index contributed by atoms with van der Waals surface area (Å²) in [7, 11) is 1.23. The van der Waals surface area contributed by atoms with Crippen LogP contribution in [-0.2, 0) is 23.9 Å². The van der Waals surface area contributed by atoms with E-state index in [9.17, 15) is 18.0 Å². The van der Waals surface area contributed by atoms with Crippen LogP contribution < -0.4 is 15.4 Å². The smallest absolute Gasteiger partial charge is 0.435 e. The Morgan fingerprint density at radius 2 is 1.96 bits per heavy atom. The number of fused-ring (bicyclic) bond motifs is 1. The summed E-state index contributed by atoms with van der Waals surface area (Å²) in [5, 5.41) is 5.37. The Balaban J connectivity index is 1.80. The number of hydrogen-bond acceptors (Lipinski definition) is 4. The summed E-state index contributed by atoms with van der Waals surface area (Å²) in [6.45, 7) is 0.487. The normalized spacial score (nSPS) is 16.9. The summed E-state index contributed by atoms with van der Waals surface area (Å²) < 4.78 is 44.2. The lowest BCUT2D eigenvalue weighted by atomic mass is 9.95. The van der Waals surface area contributed by atoms with Gasteiger partial charge < -0.3 is 15.4 Å². The number of benzene rings is 1. The third kappa shape index (κ3) is 3.74. The van der Waals surface area contributed by atoms with Crippen molar-refractivity contribution >= 4 is 11.6 Å². The van der Waals surface area contributed by atoms with Gasteiger partial charge in [-0.3, -0.25) is 4.79 Å². The molecule has 0 fully saturated rings. The monoisotopic (exact) mass is 351 g/mol. The van der Waals surface area contributed by atoms with Gasteiger partial charge in [-0.2, -0.15) is 13.2 Å². The molecule has 132 valence electrons. The van der Waals surface area contributed by atoms with Crippen LogP contribution >= 0.6 is 0 Å². The molecule has 1 aliphatic rings. The number of methoxy groups -OCH3 is 1. The number of aromatic nitrogens is 1. The predicted octanol–water partition coefficient (Wildman–Crippen LogP) is 2.76. The van der Waals surface area contributed by atoms with Crippen LogP contribution in [0.15, 0.2) is 36.4 Å². The van der Waals surface area contributed by atoms with Crippen molar-refractivity contribution < 1.29 is 22.7 Å². The van der Waals surface area contributed by atoms with Crippen molar-refractivity contribution in [3.05, 3.63) is 53.2 Å². The molecule has 1 aliphatic heterocycles. The number of nitrogens with zero attached hydrogens (tertiary/aromatic N) is 1. The van der Waals surface area contributed by atoms with Gasteiger partial charge in [0.25, 0.3) is 0 Å². The molecule has 5 nitrogen and oxygen atoms in total. The second kappa shape index (κ2) is 6.72.